The lowest BCUT2D eigenvalue weighted by atomic mass is 9.87. The van der Waals surface area contributed by atoms with Gasteiger partial charge in [-0.3, -0.25) is 0 Å². The van der Waals surface area contributed by atoms with Crippen molar-refractivity contribution in [2.24, 2.45) is 0 Å². The summed E-state index contributed by atoms with van der Waals surface area (Å²) >= 11 is 1.45. The zero-order valence-corrected chi connectivity index (χ0v) is 31.2. The van der Waals surface area contributed by atoms with Gasteiger partial charge in [0.2, 0.25) is 0 Å². The monoisotopic (exact) mass is 711 g/mol. The Kier molecular flexibility index (Phi) is 7.57. The number of hydrogen-bond donors (Lipinski definition) is 0. The van der Waals surface area contributed by atoms with Crippen molar-refractivity contribution in [2.45, 2.75) is 26.2 Å². The molecular weight excluding hydrogens is 675 g/mol. The summed E-state index contributed by atoms with van der Waals surface area (Å²) < 4.78 is 7.14. The van der Waals surface area contributed by atoms with Gasteiger partial charge in [0.25, 0.3) is 0 Å². The van der Waals surface area contributed by atoms with E-state index in [1.165, 1.54) is 82.7 Å². The van der Waals surface area contributed by atoms with Gasteiger partial charge in [-0.25, -0.2) is 4.98 Å². The summed E-state index contributed by atoms with van der Waals surface area (Å²) in [7, 11) is 0. The van der Waals surface area contributed by atoms with Crippen molar-refractivity contribution in [3.8, 4) is 49.9 Å². The summed E-state index contributed by atoms with van der Waals surface area (Å²) in [6, 6.07) is 61.8. The van der Waals surface area contributed by atoms with Crippen LogP contribution in [0.15, 0.2) is 170 Å². The summed E-state index contributed by atoms with van der Waals surface area (Å²) in [5, 5.41) is 8.39. The maximum absolute atomic E-state index is 4.96. The molecule has 0 saturated heterocycles. The van der Waals surface area contributed by atoms with Crippen LogP contribution < -0.4 is 0 Å². The third kappa shape index (κ3) is 5.50. The van der Waals surface area contributed by atoms with E-state index in [9.17, 15) is 0 Å². The van der Waals surface area contributed by atoms with Crippen molar-refractivity contribution in [3.63, 3.8) is 0 Å². The van der Waals surface area contributed by atoms with Crippen molar-refractivity contribution in [3.05, 3.63) is 175 Å². The summed E-state index contributed by atoms with van der Waals surface area (Å²) in [5.74, 6) is 0.769. The third-order valence-corrected chi connectivity index (χ3v) is 11.5. The molecule has 0 unspecified atom stereocenters. The minimum Gasteiger partial charge on any atom is -0.309 e. The molecule has 8 aromatic carbocycles. The van der Waals surface area contributed by atoms with Gasteiger partial charge in [0.05, 0.1) is 11.0 Å². The molecule has 0 aliphatic rings. The lowest BCUT2D eigenvalue weighted by molar-refractivity contribution is 0.590. The van der Waals surface area contributed by atoms with Gasteiger partial charge >= 0.3 is 0 Å². The third-order valence-electron chi connectivity index (χ3n) is 10.8. The Hall–Kier alpha value is -6.36. The molecule has 10 aromatic rings. The van der Waals surface area contributed by atoms with E-state index < -0.39 is 0 Å². The Labute approximate surface area is 319 Å². The molecule has 258 valence electrons. The summed E-state index contributed by atoms with van der Waals surface area (Å²) in [4.78, 5) is 4.96. The molecular formula is C50H37N3S. The zero-order valence-electron chi connectivity index (χ0n) is 30.4. The van der Waals surface area contributed by atoms with Gasteiger partial charge in [-0.15, -0.1) is 0 Å². The lowest BCUT2D eigenvalue weighted by Gasteiger charge is -2.18. The van der Waals surface area contributed by atoms with Crippen molar-refractivity contribution in [1.29, 1.82) is 0 Å². The fraction of sp³-hybridized carbons (Fsp3) is 0.0800. The van der Waals surface area contributed by atoms with Gasteiger partial charge in [0.1, 0.15) is 5.01 Å². The Balaban J connectivity index is 1.10. The van der Waals surface area contributed by atoms with E-state index in [1.807, 2.05) is 0 Å². The molecule has 0 radical (unpaired) electrons. The number of fused-ring (bicyclic) bond motifs is 5. The second kappa shape index (κ2) is 12.6. The van der Waals surface area contributed by atoms with E-state index in [1.54, 1.807) is 0 Å². The van der Waals surface area contributed by atoms with Gasteiger partial charge in [0, 0.05) is 27.6 Å². The molecule has 0 saturated carbocycles. The molecule has 0 fully saturated rings. The van der Waals surface area contributed by atoms with Crippen molar-refractivity contribution in [1.82, 2.24) is 13.9 Å². The van der Waals surface area contributed by atoms with Crippen LogP contribution in [0, 0.1) is 0 Å². The summed E-state index contributed by atoms with van der Waals surface area (Å²) in [6.45, 7) is 6.70. The molecule has 2 heterocycles. The largest absolute Gasteiger partial charge is 0.309 e. The molecule has 0 amide bonds. The van der Waals surface area contributed by atoms with Crippen molar-refractivity contribution >= 4 is 54.9 Å². The Morgan fingerprint density at radius 1 is 0.463 bits per heavy atom. The van der Waals surface area contributed by atoms with E-state index in [0.717, 1.165) is 27.6 Å². The van der Waals surface area contributed by atoms with Crippen LogP contribution in [0.4, 0.5) is 0 Å². The SMILES string of the molecule is CC(C)(C)c1ccc(-c2nsc(-c3ccc(-n4c5ccc(-c6cccc7ccccc67)cc5c5cc(-c6cccc7ccccc67)ccc54)cc3)n2)cc1. The van der Waals surface area contributed by atoms with E-state index >= 15 is 0 Å². The Bertz CT molecular complexity index is 2870. The smallest absolute Gasteiger partial charge is 0.173 e. The highest BCUT2D eigenvalue weighted by molar-refractivity contribution is 7.09. The molecule has 0 bridgehead atoms. The Morgan fingerprint density at radius 2 is 0.963 bits per heavy atom. The first-order valence-corrected chi connectivity index (χ1v) is 19.3. The van der Waals surface area contributed by atoms with Crippen LogP contribution in [0.25, 0.3) is 93.3 Å². The Morgan fingerprint density at radius 3 is 1.52 bits per heavy atom. The molecule has 0 atom stereocenters. The van der Waals surface area contributed by atoms with Gasteiger partial charge < -0.3 is 4.57 Å². The highest BCUT2D eigenvalue weighted by Gasteiger charge is 2.18. The number of benzene rings is 8. The minimum absolute atomic E-state index is 0.107. The summed E-state index contributed by atoms with van der Waals surface area (Å²) in [5.41, 5.74) is 11.9. The number of hydrogen-bond acceptors (Lipinski definition) is 3. The first-order chi connectivity index (χ1) is 26.4. The van der Waals surface area contributed by atoms with E-state index in [0.29, 0.717) is 0 Å². The summed E-state index contributed by atoms with van der Waals surface area (Å²) in [6.07, 6.45) is 0. The fourth-order valence-corrected chi connectivity index (χ4v) is 8.61. The van der Waals surface area contributed by atoms with Gasteiger partial charge in [0.15, 0.2) is 5.82 Å². The highest BCUT2D eigenvalue weighted by atomic mass is 32.1. The van der Waals surface area contributed by atoms with Crippen LogP contribution in [-0.4, -0.2) is 13.9 Å². The van der Waals surface area contributed by atoms with Crippen molar-refractivity contribution < 1.29 is 0 Å². The lowest BCUT2D eigenvalue weighted by Crippen LogP contribution is -2.10. The van der Waals surface area contributed by atoms with Crippen molar-refractivity contribution in [2.75, 3.05) is 0 Å². The quantitative estimate of drug-likeness (QED) is 0.178. The second-order valence-corrected chi connectivity index (χ2v) is 15.9. The predicted octanol–water partition coefficient (Wildman–Crippen LogP) is 13.9. The van der Waals surface area contributed by atoms with Crippen LogP contribution in [0.3, 0.4) is 0 Å². The number of rotatable bonds is 5. The number of aromatic nitrogens is 3. The molecule has 0 spiro atoms. The fourth-order valence-electron chi connectivity index (χ4n) is 7.92. The van der Waals surface area contributed by atoms with Crippen LogP contribution in [0.1, 0.15) is 26.3 Å². The first kappa shape index (κ1) is 32.3. The van der Waals surface area contributed by atoms with Crippen LogP contribution in [0.2, 0.25) is 0 Å². The maximum Gasteiger partial charge on any atom is 0.173 e. The predicted molar refractivity (Wildman–Crippen MR) is 230 cm³/mol. The molecule has 54 heavy (non-hydrogen) atoms. The second-order valence-electron chi connectivity index (χ2n) is 15.2. The highest BCUT2D eigenvalue weighted by Crippen LogP contribution is 2.40. The van der Waals surface area contributed by atoms with Gasteiger partial charge in [-0.2, -0.15) is 4.37 Å². The average Bonchev–Trinajstić information content (AvgIpc) is 3.83. The average molecular weight is 712 g/mol. The molecule has 3 nitrogen and oxygen atoms in total. The van der Waals surface area contributed by atoms with Gasteiger partial charge in [-0.1, -0.05) is 142 Å². The minimum atomic E-state index is 0.107. The van der Waals surface area contributed by atoms with Crippen LogP contribution >= 0.6 is 11.5 Å². The standard InChI is InChI=1S/C50H37N3S/c1-50(2,3)38-24-18-34(19-25-38)48-51-49(54-52-48)35-20-26-39(27-21-35)53-46-28-22-36(42-16-8-12-32-10-4-6-14-40(32)42)30-44(46)45-31-37(23-29-47(45)53)43-17-9-13-33-11-5-7-15-41(33)43/h4-31H,1-3H3. The van der Waals surface area contributed by atoms with E-state index in [4.69, 9.17) is 9.36 Å². The molecule has 2 aromatic heterocycles. The van der Waals surface area contributed by atoms with E-state index in [2.05, 4.69) is 195 Å². The topological polar surface area (TPSA) is 30.7 Å². The maximum atomic E-state index is 4.96. The molecule has 0 aliphatic carbocycles. The van der Waals surface area contributed by atoms with Crippen LogP contribution in [0.5, 0.6) is 0 Å². The first-order valence-electron chi connectivity index (χ1n) is 18.5. The molecule has 10 rings (SSSR count). The molecule has 0 N–H and O–H groups in total. The normalized spacial score (nSPS) is 12.0. The van der Waals surface area contributed by atoms with Crippen LogP contribution in [-0.2, 0) is 5.41 Å². The zero-order chi connectivity index (χ0) is 36.4. The molecule has 0 aliphatic heterocycles. The number of nitrogens with zero attached hydrogens (tertiary/aromatic N) is 3. The van der Waals surface area contributed by atoms with Gasteiger partial charge in [-0.05, 0) is 115 Å². The molecule has 4 heteroatoms. The van der Waals surface area contributed by atoms with E-state index in [-0.39, 0.29) is 5.41 Å².